The van der Waals surface area contributed by atoms with Crippen LogP contribution in [0, 0.1) is 6.92 Å². The Kier molecular flexibility index (Phi) is 3.62. The van der Waals surface area contributed by atoms with E-state index in [0.717, 1.165) is 30.5 Å². The quantitative estimate of drug-likeness (QED) is 0.893. The first-order valence-electron chi connectivity index (χ1n) is 6.31. The Labute approximate surface area is 110 Å². The Hall–Kier alpha value is -1.07. The molecule has 0 amide bonds. The predicted octanol–water partition coefficient (Wildman–Crippen LogP) is 3.58. The summed E-state index contributed by atoms with van der Waals surface area (Å²) in [6.07, 6.45) is -2.56. The zero-order valence-corrected chi connectivity index (χ0v) is 11.1. The highest BCUT2D eigenvalue weighted by atomic mass is 19.4. The van der Waals surface area contributed by atoms with Crippen LogP contribution in [0.15, 0.2) is 18.2 Å². The van der Waals surface area contributed by atoms with Gasteiger partial charge in [-0.1, -0.05) is 6.07 Å². The highest BCUT2D eigenvalue weighted by molar-refractivity contribution is 5.36. The first-order chi connectivity index (χ1) is 8.74. The lowest BCUT2D eigenvalue weighted by Crippen LogP contribution is -2.38. The zero-order chi connectivity index (χ0) is 14.3. The van der Waals surface area contributed by atoms with Crippen molar-refractivity contribution in [1.29, 1.82) is 0 Å². The Balaban J connectivity index is 2.31. The zero-order valence-electron chi connectivity index (χ0n) is 11.1. The average molecular weight is 273 g/mol. The van der Waals surface area contributed by atoms with Gasteiger partial charge >= 0.3 is 6.18 Å². The summed E-state index contributed by atoms with van der Waals surface area (Å²) in [6, 6.07) is 3.29. The van der Waals surface area contributed by atoms with E-state index < -0.39 is 23.4 Å². The molecule has 106 valence electrons. The van der Waals surface area contributed by atoms with Crippen LogP contribution in [0.25, 0.3) is 0 Å². The summed E-state index contributed by atoms with van der Waals surface area (Å²) < 4.78 is 43.5. The van der Waals surface area contributed by atoms with Gasteiger partial charge in [0.25, 0.3) is 0 Å². The van der Waals surface area contributed by atoms with E-state index in [2.05, 4.69) is 0 Å². The number of benzene rings is 1. The molecule has 0 saturated carbocycles. The summed E-state index contributed by atoms with van der Waals surface area (Å²) in [6.45, 7) is 4.23. The summed E-state index contributed by atoms with van der Waals surface area (Å²) in [5, 5.41) is 0. The molecule has 2 nitrogen and oxygen atoms in total. The second-order valence-electron chi connectivity index (χ2n) is 5.31. The van der Waals surface area contributed by atoms with Crippen molar-refractivity contribution in [2.24, 2.45) is 5.73 Å². The maximum absolute atomic E-state index is 12.6. The van der Waals surface area contributed by atoms with Gasteiger partial charge in [0.15, 0.2) is 0 Å². The minimum absolute atomic E-state index is 0.405. The van der Waals surface area contributed by atoms with Gasteiger partial charge in [-0.3, -0.25) is 0 Å². The van der Waals surface area contributed by atoms with E-state index in [9.17, 15) is 13.2 Å². The summed E-state index contributed by atoms with van der Waals surface area (Å²) in [5.41, 5.74) is 6.34. The molecule has 0 radical (unpaired) electrons. The smallest absolute Gasteiger partial charge is 0.373 e. The number of hydrogen-bond donors (Lipinski definition) is 1. The predicted molar refractivity (Wildman–Crippen MR) is 66.7 cm³/mol. The molecule has 0 aliphatic carbocycles. The third kappa shape index (κ3) is 2.77. The molecule has 0 aromatic heterocycles. The monoisotopic (exact) mass is 273 g/mol. The van der Waals surface area contributed by atoms with Crippen molar-refractivity contribution < 1.29 is 17.9 Å². The molecule has 2 unspecified atom stereocenters. The first-order valence-corrected chi connectivity index (χ1v) is 6.31. The van der Waals surface area contributed by atoms with Crippen molar-refractivity contribution in [2.75, 3.05) is 6.61 Å². The number of ether oxygens (including phenoxy) is 1. The van der Waals surface area contributed by atoms with E-state index in [4.69, 9.17) is 10.5 Å². The summed E-state index contributed by atoms with van der Waals surface area (Å²) in [7, 11) is 0. The van der Waals surface area contributed by atoms with Crippen LogP contribution in [0.3, 0.4) is 0 Å². The molecule has 1 saturated heterocycles. The second kappa shape index (κ2) is 4.80. The molecule has 19 heavy (non-hydrogen) atoms. The third-order valence-electron chi connectivity index (χ3n) is 3.84. The van der Waals surface area contributed by atoms with Crippen LogP contribution < -0.4 is 5.73 Å². The van der Waals surface area contributed by atoms with Crippen molar-refractivity contribution >= 4 is 0 Å². The fraction of sp³-hybridized carbons (Fsp3) is 0.571. The Morgan fingerprint density at radius 2 is 2.05 bits per heavy atom. The SMILES string of the molecule is Cc1cc(C(F)(F)F)ccc1C(N)C1(C)CCCO1. The molecule has 1 fully saturated rings. The van der Waals surface area contributed by atoms with Crippen LogP contribution in [0.5, 0.6) is 0 Å². The number of nitrogens with two attached hydrogens (primary N) is 1. The summed E-state index contributed by atoms with van der Waals surface area (Å²) in [4.78, 5) is 0. The lowest BCUT2D eigenvalue weighted by molar-refractivity contribution is -0.137. The second-order valence-corrected chi connectivity index (χ2v) is 5.31. The van der Waals surface area contributed by atoms with E-state index >= 15 is 0 Å². The largest absolute Gasteiger partial charge is 0.416 e. The molecule has 1 aromatic rings. The summed E-state index contributed by atoms with van der Waals surface area (Å²) >= 11 is 0. The van der Waals surface area contributed by atoms with Gasteiger partial charge in [-0.05, 0) is 49.9 Å². The number of aryl methyl sites for hydroxylation is 1. The molecule has 2 N–H and O–H groups in total. The van der Waals surface area contributed by atoms with Gasteiger partial charge in [0, 0.05) is 6.61 Å². The van der Waals surface area contributed by atoms with Crippen molar-refractivity contribution in [2.45, 2.75) is 44.5 Å². The molecular formula is C14H18F3NO. The van der Waals surface area contributed by atoms with E-state index in [1.54, 1.807) is 6.92 Å². The Morgan fingerprint density at radius 3 is 2.53 bits per heavy atom. The van der Waals surface area contributed by atoms with E-state index in [-0.39, 0.29) is 0 Å². The highest BCUT2D eigenvalue weighted by Crippen LogP contribution is 2.38. The van der Waals surface area contributed by atoms with Crippen LogP contribution in [-0.2, 0) is 10.9 Å². The summed E-state index contributed by atoms with van der Waals surface area (Å²) in [5.74, 6) is 0. The van der Waals surface area contributed by atoms with E-state index in [0.29, 0.717) is 12.2 Å². The van der Waals surface area contributed by atoms with Crippen molar-refractivity contribution in [3.8, 4) is 0 Å². The van der Waals surface area contributed by atoms with Crippen molar-refractivity contribution in [1.82, 2.24) is 0 Å². The van der Waals surface area contributed by atoms with Crippen LogP contribution in [0.1, 0.15) is 42.5 Å². The van der Waals surface area contributed by atoms with Gasteiger partial charge in [-0.25, -0.2) is 0 Å². The molecule has 1 aliphatic rings. The van der Waals surface area contributed by atoms with Gasteiger partial charge in [0.05, 0.1) is 17.2 Å². The minimum Gasteiger partial charge on any atom is -0.373 e. The van der Waals surface area contributed by atoms with Gasteiger partial charge in [-0.2, -0.15) is 13.2 Å². The van der Waals surface area contributed by atoms with Gasteiger partial charge in [-0.15, -0.1) is 0 Å². The van der Waals surface area contributed by atoms with E-state index in [1.807, 2.05) is 6.92 Å². The number of alkyl halides is 3. The Bertz CT molecular complexity index is 464. The fourth-order valence-corrected chi connectivity index (χ4v) is 2.58. The maximum Gasteiger partial charge on any atom is 0.416 e. The maximum atomic E-state index is 12.6. The van der Waals surface area contributed by atoms with Crippen molar-refractivity contribution in [3.63, 3.8) is 0 Å². The van der Waals surface area contributed by atoms with Crippen LogP contribution in [-0.4, -0.2) is 12.2 Å². The van der Waals surface area contributed by atoms with E-state index in [1.165, 1.54) is 6.07 Å². The highest BCUT2D eigenvalue weighted by Gasteiger charge is 2.38. The molecular weight excluding hydrogens is 255 g/mol. The number of halogens is 3. The fourth-order valence-electron chi connectivity index (χ4n) is 2.58. The molecule has 5 heteroatoms. The lowest BCUT2D eigenvalue weighted by atomic mass is 9.86. The standard InChI is InChI=1S/C14H18F3NO/c1-9-8-10(14(15,16)17)4-5-11(9)12(18)13(2)6-3-7-19-13/h4-5,8,12H,3,6-7,18H2,1-2H3. The normalized spacial score (nSPS) is 25.6. The molecule has 1 aliphatic heterocycles. The number of rotatable bonds is 2. The van der Waals surface area contributed by atoms with Crippen LogP contribution in [0.4, 0.5) is 13.2 Å². The molecule has 1 heterocycles. The number of hydrogen-bond acceptors (Lipinski definition) is 2. The van der Waals surface area contributed by atoms with Gasteiger partial charge in [0.2, 0.25) is 0 Å². The lowest BCUT2D eigenvalue weighted by Gasteiger charge is -2.31. The molecule has 0 bridgehead atoms. The van der Waals surface area contributed by atoms with Gasteiger partial charge in [0.1, 0.15) is 0 Å². The van der Waals surface area contributed by atoms with Crippen molar-refractivity contribution in [3.05, 3.63) is 34.9 Å². The Morgan fingerprint density at radius 1 is 1.37 bits per heavy atom. The molecule has 1 aromatic carbocycles. The van der Waals surface area contributed by atoms with Crippen LogP contribution >= 0.6 is 0 Å². The third-order valence-corrected chi connectivity index (χ3v) is 3.84. The minimum atomic E-state index is -4.32. The molecule has 0 spiro atoms. The molecule has 2 atom stereocenters. The van der Waals surface area contributed by atoms with Crippen LogP contribution in [0.2, 0.25) is 0 Å². The first kappa shape index (κ1) is 14.3. The topological polar surface area (TPSA) is 35.2 Å². The van der Waals surface area contributed by atoms with Gasteiger partial charge < -0.3 is 10.5 Å². The average Bonchev–Trinajstić information content (AvgIpc) is 2.75. The molecule has 2 rings (SSSR count).